The molecule has 0 saturated carbocycles. The summed E-state index contributed by atoms with van der Waals surface area (Å²) in [5.74, 6) is 0.830. The van der Waals surface area contributed by atoms with Crippen LogP contribution in [0.5, 0.6) is 5.75 Å². The predicted molar refractivity (Wildman–Crippen MR) is 93.3 cm³/mol. The van der Waals surface area contributed by atoms with Crippen LogP contribution in [0.1, 0.15) is 18.1 Å². The molecule has 0 aliphatic carbocycles. The quantitative estimate of drug-likeness (QED) is 0.753. The summed E-state index contributed by atoms with van der Waals surface area (Å²) in [6.07, 6.45) is -0.370. The maximum atomic E-state index is 9.31. The van der Waals surface area contributed by atoms with Gasteiger partial charge in [0.05, 0.1) is 6.10 Å². The number of hydrogen-bond donors (Lipinski definition) is 2. The smallest absolute Gasteiger partial charge is 0.124 e. The number of aliphatic hydroxyl groups excluding tert-OH is 1. The van der Waals surface area contributed by atoms with Gasteiger partial charge in [-0.3, -0.25) is 0 Å². The maximum Gasteiger partial charge on any atom is 0.124 e. The lowest BCUT2D eigenvalue weighted by Gasteiger charge is -2.13. The van der Waals surface area contributed by atoms with Crippen LogP contribution in [0.3, 0.4) is 0 Å². The Balaban J connectivity index is 2.01. The molecule has 2 rings (SSSR count). The van der Waals surface area contributed by atoms with Gasteiger partial charge in [0.2, 0.25) is 0 Å². The van der Waals surface area contributed by atoms with Crippen molar-refractivity contribution in [1.29, 1.82) is 0 Å². The SMILES string of the molecule is C[C@@H](O)CNCc1cc(Br)ccc1OCc1ccc(Cl)cc1. The summed E-state index contributed by atoms with van der Waals surface area (Å²) in [6.45, 7) is 3.43. The summed E-state index contributed by atoms with van der Waals surface area (Å²) < 4.78 is 6.91. The molecule has 0 aliphatic heterocycles. The minimum Gasteiger partial charge on any atom is -0.489 e. The second-order valence-corrected chi connectivity index (χ2v) is 6.50. The zero-order valence-corrected chi connectivity index (χ0v) is 14.7. The molecule has 1 atom stereocenters. The molecule has 2 aromatic rings. The summed E-state index contributed by atoms with van der Waals surface area (Å²) in [5.41, 5.74) is 2.11. The van der Waals surface area contributed by atoms with Crippen molar-refractivity contribution in [3.8, 4) is 5.75 Å². The lowest BCUT2D eigenvalue weighted by Crippen LogP contribution is -2.24. The number of benzene rings is 2. The fourth-order valence-corrected chi connectivity index (χ4v) is 2.52. The van der Waals surface area contributed by atoms with Crippen molar-refractivity contribution in [2.75, 3.05) is 6.54 Å². The predicted octanol–water partition coefficient (Wildman–Crippen LogP) is 4.15. The van der Waals surface area contributed by atoms with Gasteiger partial charge in [-0.1, -0.05) is 39.7 Å². The third-order valence-electron chi connectivity index (χ3n) is 3.09. The van der Waals surface area contributed by atoms with Gasteiger partial charge < -0.3 is 15.2 Å². The van der Waals surface area contributed by atoms with Crippen molar-refractivity contribution in [1.82, 2.24) is 5.32 Å². The molecule has 2 aromatic carbocycles. The molecule has 118 valence electrons. The van der Waals surface area contributed by atoms with E-state index in [0.29, 0.717) is 19.7 Å². The molecule has 3 nitrogen and oxygen atoms in total. The molecular formula is C17H19BrClNO2. The largest absolute Gasteiger partial charge is 0.489 e. The van der Waals surface area contributed by atoms with Crippen LogP contribution in [0.25, 0.3) is 0 Å². The van der Waals surface area contributed by atoms with Gasteiger partial charge in [-0.15, -0.1) is 0 Å². The normalized spacial score (nSPS) is 12.2. The molecule has 0 amide bonds. The Bertz CT molecular complexity index is 602. The van der Waals surface area contributed by atoms with E-state index in [4.69, 9.17) is 16.3 Å². The Morgan fingerprint density at radius 2 is 1.95 bits per heavy atom. The molecule has 0 saturated heterocycles. The van der Waals surface area contributed by atoms with Crippen LogP contribution in [-0.4, -0.2) is 17.8 Å². The van der Waals surface area contributed by atoms with Crippen LogP contribution < -0.4 is 10.1 Å². The highest BCUT2D eigenvalue weighted by atomic mass is 79.9. The lowest BCUT2D eigenvalue weighted by atomic mass is 10.2. The average Bonchev–Trinajstić information content (AvgIpc) is 2.48. The zero-order valence-electron chi connectivity index (χ0n) is 12.4. The van der Waals surface area contributed by atoms with E-state index < -0.39 is 0 Å². The van der Waals surface area contributed by atoms with Gasteiger partial charge in [-0.05, 0) is 42.8 Å². The van der Waals surface area contributed by atoms with E-state index in [2.05, 4.69) is 21.2 Å². The van der Waals surface area contributed by atoms with E-state index in [1.165, 1.54) is 0 Å². The highest BCUT2D eigenvalue weighted by Crippen LogP contribution is 2.24. The van der Waals surface area contributed by atoms with Gasteiger partial charge in [0, 0.05) is 28.1 Å². The van der Waals surface area contributed by atoms with Crippen molar-refractivity contribution < 1.29 is 9.84 Å². The minimum absolute atomic E-state index is 0.370. The van der Waals surface area contributed by atoms with Crippen LogP contribution in [0.15, 0.2) is 46.9 Å². The van der Waals surface area contributed by atoms with E-state index >= 15 is 0 Å². The van der Waals surface area contributed by atoms with Crippen LogP contribution in [0.2, 0.25) is 5.02 Å². The van der Waals surface area contributed by atoms with E-state index in [1.54, 1.807) is 6.92 Å². The van der Waals surface area contributed by atoms with Crippen molar-refractivity contribution in [3.05, 3.63) is 63.1 Å². The van der Waals surface area contributed by atoms with Gasteiger partial charge in [0.1, 0.15) is 12.4 Å². The zero-order chi connectivity index (χ0) is 15.9. The lowest BCUT2D eigenvalue weighted by molar-refractivity contribution is 0.190. The Morgan fingerprint density at radius 3 is 2.64 bits per heavy atom. The fraction of sp³-hybridized carbons (Fsp3) is 0.294. The van der Waals surface area contributed by atoms with Crippen LogP contribution in [-0.2, 0) is 13.2 Å². The first-order valence-electron chi connectivity index (χ1n) is 7.09. The topological polar surface area (TPSA) is 41.5 Å². The van der Waals surface area contributed by atoms with Crippen molar-refractivity contribution in [2.24, 2.45) is 0 Å². The van der Waals surface area contributed by atoms with E-state index in [1.807, 2.05) is 42.5 Å². The molecule has 0 aliphatic rings. The number of aliphatic hydroxyl groups is 1. The first kappa shape index (κ1) is 17.3. The summed E-state index contributed by atoms with van der Waals surface area (Å²) in [6, 6.07) is 13.5. The molecule has 5 heteroatoms. The molecule has 0 heterocycles. The van der Waals surface area contributed by atoms with Crippen molar-refractivity contribution in [3.63, 3.8) is 0 Å². The number of halogens is 2. The first-order chi connectivity index (χ1) is 10.5. The van der Waals surface area contributed by atoms with Gasteiger partial charge in [0.25, 0.3) is 0 Å². The number of hydrogen-bond acceptors (Lipinski definition) is 3. The monoisotopic (exact) mass is 383 g/mol. The summed E-state index contributed by atoms with van der Waals surface area (Å²) >= 11 is 9.35. The van der Waals surface area contributed by atoms with Gasteiger partial charge in [-0.25, -0.2) is 0 Å². The third kappa shape index (κ3) is 5.61. The van der Waals surface area contributed by atoms with Gasteiger partial charge in [-0.2, -0.15) is 0 Å². The van der Waals surface area contributed by atoms with Crippen LogP contribution >= 0.6 is 27.5 Å². The van der Waals surface area contributed by atoms with Crippen LogP contribution in [0, 0.1) is 0 Å². The summed E-state index contributed by atoms with van der Waals surface area (Å²) in [7, 11) is 0. The second kappa shape index (κ2) is 8.53. The highest BCUT2D eigenvalue weighted by Gasteiger charge is 2.06. The first-order valence-corrected chi connectivity index (χ1v) is 8.26. The Kier molecular flexibility index (Phi) is 6.70. The molecule has 0 unspecified atom stereocenters. The fourth-order valence-electron chi connectivity index (χ4n) is 1.98. The number of rotatable bonds is 7. The summed E-state index contributed by atoms with van der Waals surface area (Å²) in [4.78, 5) is 0. The Hall–Kier alpha value is -1.07. The molecule has 0 bridgehead atoms. The molecule has 0 aromatic heterocycles. The average molecular weight is 385 g/mol. The number of ether oxygens (including phenoxy) is 1. The van der Waals surface area contributed by atoms with Gasteiger partial charge in [0.15, 0.2) is 0 Å². The Morgan fingerprint density at radius 1 is 1.23 bits per heavy atom. The molecular weight excluding hydrogens is 366 g/mol. The molecule has 22 heavy (non-hydrogen) atoms. The minimum atomic E-state index is -0.370. The molecule has 0 radical (unpaired) electrons. The van der Waals surface area contributed by atoms with E-state index in [-0.39, 0.29) is 6.10 Å². The number of nitrogens with one attached hydrogen (secondary N) is 1. The summed E-state index contributed by atoms with van der Waals surface area (Å²) in [5, 5.41) is 13.2. The second-order valence-electron chi connectivity index (χ2n) is 5.15. The van der Waals surface area contributed by atoms with Crippen molar-refractivity contribution >= 4 is 27.5 Å². The van der Waals surface area contributed by atoms with E-state index in [0.717, 1.165) is 26.4 Å². The van der Waals surface area contributed by atoms with Crippen molar-refractivity contribution in [2.45, 2.75) is 26.2 Å². The Labute approximate surface area is 144 Å². The molecule has 0 spiro atoms. The highest BCUT2D eigenvalue weighted by molar-refractivity contribution is 9.10. The maximum absolute atomic E-state index is 9.31. The van der Waals surface area contributed by atoms with E-state index in [9.17, 15) is 5.11 Å². The molecule has 0 fully saturated rings. The molecule has 2 N–H and O–H groups in total. The van der Waals surface area contributed by atoms with Crippen LogP contribution in [0.4, 0.5) is 0 Å². The standard InChI is InChI=1S/C17H19BrClNO2/c1-12(21)9-20-10-14-8-15(18)4-7-17(14)22-11-13-2-5-16(19)6-3-13/h2-8,12,20-21H,9-11H2,1H3/t12-/m1/s1. The third-order valence-corrected chi connectivity index (χ3v) is 3.83. The van der Waals surface area contributed by atoms with Gasteiger partial charge >= 0.3 is 0 Å².